The van der Waals surface area contributed by atoms with Crippen molar-refractivity contribution in [2.45, 2.75) is 13.3 Å². The number of rotatable bonds is 3. The molecule has 2 aromatic rings. The van der Waals surface area contributed by atoms with Crippen LogP contribution >= 0.6 is 15.9 Å². The topological polar surface area (TPSA) is 56.2 Å². The third kappa shape index (κ3) is 2.26. The Kier molecular flexibility index (Phi) is 3.33. The summed E-state index contributed by atoms with van der Waals surface area (Å²) in [6.45, 7) is 1.95. The normalized spacial score (nSPS) is 10.5. The molecular formula is C13H12BrNO2. The van der Waals surface area contributed by atoms with Gasteiger partial charge in [-0.25, -0.2) is 0 Å². The van der Waals surface area contributed by atoms with Crippen LogP contribution in [0.2, 0.25) is 0 Å². The summed E-state index contributed by atoms with van der Waals surface area (Å²) >= 11 is 3.31. The van der Waals surface area contributed by atoms with E-state index in [-0.39, 0.29) is 5.78 Å². The molecule has 3 nitrogen and oxygen atoms in total. The number of hydrogen-bond donors (Lipinski definition) is 1. The molecule has 0 amide bonds. The Morgan fingerprint density at radius 3 is 2.82 bits per heavy atom. The van der Waals surface area contributed by atoms with Crippen LogP contribution in [0.3, 0.4) is 0 Å². The lowest BCUT2D eigenvalue weighted by molar-refractivity contribution is 0.103. The molecule has 2 rings (SSSR count). The Bertz CT molecular complexity index is 560. The van der Waals surface area contributed by atoms with Gasteiger partial charge in [0.1, 0.15) is 5.76 Å². The minimum Gasteiger partial charge on any atom is -0.469 e. The second-order valence-electron chi connectivity index (χ2n) is 3.68. The predicted octanol–water partition coefficient (Wildman–Crippen LogP) is 3.42. The van der Waals surface area contributed by atoms with Crippen LogP contribution in [0.5, 0.6) is 0 Å². The van der Waals surface area contributed by atoms with Crippen LogP contribution in [0.15, 0.2) is 39.4 Å². The lowest BCUT2D eigenvalue weighted by Gasteiger charge is -2.03. The predicted molar refractivity (Wildman–Crippen MR) is 70.1 cm³/mol. The average molecular weight is 294 g/mol. The third-order valence-electron chi connectivity index (χ3n) is 2.57. The largest absolute Gasteiger partial charge is 0.469 e. The van der Waals surface area contributed by atoms with E-state index in [1.165, 1.54) is 0 Å². The van der Waals surface area contributed by atoms with Gasteiger partial charge in [0.25, 0.3) is 0 Å². The summed E-state index contributed by atoms with van der Waals surface area (Å²) in [5.74, 6) is 0.666. The van der Waals surface area contributed by atoms with Crippen molar-refractivity contribution in [3.63, 3.8) is 0 Å². The number of ketones is 1. The number of furan rings is 1. The molecule has 0 spiro atoms. The van der Waals surface area contributed by atoms with Gasteiger partial charge in [-0.1, -0.05) is 6.92 Å². The standard InChI is InChI=1S/C13H12BrNO2/c1-2-12-9(5-6-17-12)13(16)8-3-4-11(15)10(14)7-8/h3-7H,2,15H2,1H3. The molecule has 0 saturated heterocycles. The number of hydrogen-bond acceptors (Lipinski definition) is 3. The molecule has 0 atom stereocenters. The molecule has 0 radical (unpaired) electrons. The van der Waals surface area contributed by atoms with Crippen molar-refractivity contribution in [2.75, 3.05) is 5.73 Å². The van der Waals surface area contributed by atoms with Crippen LogP contribution in [0.4, 0.5) is 5.69 Å². The molecule has 1 aromatic carbocycles. The summed E-state index contributed by atoms with van der Waals surface area (Å²) in [6.07, 6.45) is 2.24. The molecule has 2 N–H and O–H groups in total. The minimum atomic E-state index is -0.0451. The first-order chi connectivity index (χ1) is 8.13. The SMILES string of the molecule is CCc1occc1C(=O)c1ccc(N)c(Br)c1. The molecule has 0 fully saturated rings. The quantitative estimate of drug-likeness (QED) is 0.697. The highest BCUT2D eigenvalue weighted by molar-refractivity contribution is 9.10. The second kappa shape index (κ2) is 4.75. The first-order valence-electron chi connectivity index (χ1n) is 5.29. The summed E-state index contributed by atoms with van der Waals surface area (Å²) in [5.41, 5.74) is 7.52. The summed E-state index contributed by atoms with van der Waals surface area (Å²) < 4.78 is 5.98. The molecule has 0 aliphatic carbocycles. The lowest BCUT2D eigenvalue weighted by atomic mass is 10.0. The van der Waals surface area contributed by atoms with Gasteiger partial charge in [-0.2, -0.15) is 0 Å². The van der Waals surface area contributed by atoms with Crippen LogP contribution in [-0.2, 0) is 6.42 Å². The number of carbonyl (C=O) groups excluding carboxylic acids is 1. The Labute approximate surface area is 108 Å². The lowest BCUT2D eigenvalue weighted by Crippen LogP contribution is -2.03. The number of aryl methyl sites for hydroxylation is 1. The van der Waals surface area contributed by atoms with Gasteiger partial charge in [-0.3, -0.25) is 4.79 Å². The second-order valence-corrected chi connectivity index (χ2v) is 4.53. The number of nitrogen functional groups attached to an aromatic ring is 1. The average Bonchev–Trinajstić information content (AvgIpc) is 2.80. The van der Waals surface area contributed by atoms with E-state index >= 15 is 0 Å². The smallest absolute Gasteiger partial charge is 0.196 e. The van der Waals surface area contributed by atoms with Crippen molar-refractivity contribution in [2.24, 2.45) is 0 Å². The summed E-state index contributed by atoms with van der Waals surface area (Å²) in [4.78, 5) is 12.2. The molecule has 1 aromatic heterocycles. The molecule has 1 heterocycles. The molecule has 17 heavy (non-hydrogen) atoms. The third-order valence-corrected chi connectivity index (χ3v) is 3.26. The minimum absolute atomic E-state index is 0.0451. The van der Waals surface area contributed by atoms with Crippen molar-refractivity contribution in [3.8, 4) is 0 Å². The first kappa shape index (κ1) is 11.9. The van der Waals surface area contributed by atoms with Gasteiger partial charge >= 0.3 is 0 Å². The van der Waals surface area contributed by atoms with Gasteiger partial charge in [0.15, 0.2) is 5.78 Å². The fourth-order valence-electron chi connectivity index (χ4n) is 1.64. The van der Waals surface area contributed by atoms with E-state index in [1.807, 2.05) is 6.92 Å². The van der Waals surface area contributed by atoms with Gasteiger partial charge in [-0.05, 0) is 40.2 Å². The van der Waals surface area contributed by atoms with Gasteiger partial charge < -0.3 is 10.2 Å². The highest BCUT2D eigenvalue weighted by atomic mass is 79.9. The maximum absolute atomic E-state index is 12.2. The molecule has 0 aliphatic heterocycles. The van der Waals surface area contributed by atoms with Crippen molar-refractivity contribution >= 4 is 27.4 Å². The zero-order valence-electron chi connectivity index (χ0n) is 9.37. The van der Waals surface area contributed by atoms with Crippen molar-refractivity contribution in [3.05, 3.63) is 51.9 Å². The summed E-state index contributed by atoms with van der Waals surface area (Å²) in [6, 6.07) is 6.85. The van der Waals surface area contributed by atoms with E-state index in [9.17, 15) is 4.79 Å². The molecule has 0 unspecified atom stereocenters. The summed E-state index contributed by atoms with van der Waals surface area (Å²) in [5, 5.41) is 0. The summed E-state index contributed by atoms with van der Waals surface area (Å²) in [7, 11) is 0. The van der Waals surface area contributed by atoms with Crippen LogP contribution < -0.4 is 5.73 Å². The Morgan fingerprint density at radius 2 is 2.18 bits per heavy atom. The van der Waals surface area contributed by atoms with E-state index < -0.39 is 0 Å². The molecule has 0 bridgehead atoms. The first-order valence-corrected chi connectivity index (χ1v) is 6.09. The maximum atomic E-state index is 12.2. The van der Waals surface area contributed by atoms with Crippen LogP contribution in [-0.4, -0.2) is 5.78 Å². The van der Waals surface area contributed by atoms with E-state index in [0.29, 0.717) is 29.0 Å². The van der Waals surface area contributed by atoms with Crippen molar-refractivity contribution in [1.82, 2.24) is 0 Å². The van der Waals surface area contributed by atoms with E-state index in [0.717, 1.165) is 4.47 Å². The Morgan fingerprint density at radius 1 is 1.41 bits per heavy atom. The zero-order valence-corrected chi connectivity index (χ0v) is 11.0. The van der Waals surface area contributed by atoms with Gasteiger partial charge in [0, 0.05) is 22.1 Å². The van der Waals surface area contributed by atoms with Crippen LogP contribution in [0.25, 0.3) is 0 Å². The molecular weight excluding hydrogens is 282 g/mol. The van der Waals surface area contributed by atoms with Gasteiger partial charge in [0.2, 0.25) is 0 Å². The monoisotopic (exact) mass is 293 g/mol. The Hall–Kier alpha value is -1.55. The van der Waals surface area contributed by atoms with Crippen LogP contribution in [0.1, 0.15) is 28.6 Å². The van der Waals surface area contributed by atoms with Crippen molar-refractivity contribution < 1.29 is 9.21 Å². The van der Waals surface area contributed by atoms with Crippen molar-refractivity contribution in [1.29, 1.82) is 0 Å². The highest BCUT2D eigenvalue weighted by Crippen LogP contribution is 2.23. The van der Waals surface area contributed by atoms with Gasteiger partial charge in [0.05, 0.1) is 11.8 Å². The number of nitrogens with two attached hydrogens (primary N) is 1. The number of halogens is 1. The number of anilines is 1. The maximum Gasteiger partial charge on any atom is 0.196 e. The number of benzene rings is 1. The molecule has 0 aliphatic rings. The Balaban J connectivity index is 2.40. The van der Waals surface area contributed by atoms with Gasteiger partial charge in [-0.15, -0.1) is 0 Å². The molecule has 88 valence electrons. The fourth-order valence-corrected chi connectivity index (χ4v) is 2.02. The van der Waals surface area contributed by atoms with E-state index in [1.54, 1.807) is 30.5 Å². The van der Waals surface area contributed by atoms with E-state index in [4.69, 9.17) is 10.2 Å². The number of carbonyl (C=O) groups is 1. The molecule has 4 heteroatoms. The fraction of sp³-hybridized carbons (Fsp3) is 0.154. The zero-order chi connectivity index (χ0) is 12.4. The highest BCUT2D eigenvalue weighted by Gasteiger charge is 2.15. The molecule has 0 saturated carbocycles. The van der Waals surface area contributed by atoms with Crippen LogP contribution in [0, 0.1) is 0 Å². The van der Waals surface area contributed by atoms with E-state index in [2.05, 4.69) is 15.9 Å².